The lowest BCUT2D eigenvalue weighted by Crippen LogP contribution is -2.61. The van der Waals surface area contributed by atoms with Crippen molar-refractivity contribution in [3.05, 3.63) is 0 Å². The summed E-state index contributed by atoms with van der Waals surface area (Å²) in [7, 11) is 5.57. The summed E-state index contributed by atoms with van der Waals surface area (Å²) >= 11 is 0. The molecule has 3 aliphatic heterocycles. The van der Waals surface area contributed by atoms with E-state index in [1.807, 2.05) is 46.7 Å². The molecule has 0 aromatic carbocycles. The Morgan fingerprint density at radius 1 is 1.02 bits per heavy atom. The number of rotatable bonds is 11. The maximum atomic E-state index is 14.4. The summed E-state index contributed by atoms with van der Waals surface area (Å²) in [6.07, 6.45) is 3.08. The number of carbonyl (C=O) groups excluding carboxylic acids is 3. The van der Waals surface area contributed by atoms with E-state index in [1.54, 1.807) is 21.0 Å². The fourth-order valence-corrected chi connectivity index (χ4v) is 9.49. The van der Waals surface area contributed by atoms with Crippen LogP contribution in [0.1, 0.15) is 107 Å². The van der Waals surface area contributed by atoms with Crippen molar-refractivity contribution < 1.29 is 43.2 Å². The Labute approximate surface area is 318 Å². The van der Waals surface area contributed by atoms with Gasteiger partial charge in [0.05, 0.1) is 24.2 Å². The van der Waals surface area contributed by atoms with E-state index in [1.165, 1.54) is 25.7 Å². The largest absolute Gasteiger partial charge is 0.458 e. The molecule has 0 radical (unpaired) electrons. The fraction of sp³-hybridized carbons (Fsp3) is 0.927. The molecule has 0 spiro atoms. The minimum absolute atomic E-state index is 0.0559. The first kappa shape index (κ1) is 42.5. The number of cyclic esters (lactones) is 1. The number of likely N-dealkylation sites (N-methyl/N-ethyl adjacent to an activating group) is 1. The number of ether oxygens (including phenoxy) is 5. The summed E-state index contributed by atoms with van der Waals surface area (Å²) in [6.45, 7) is 18.2. The Morgan fingerprint density at radius 3 is 2.19 bits per heavy atom. The van der Waals surface area contributed by atoms with Crippen molar-refractivity contribution >= 4 is 17.7 Å². The fourth-order valence-electron chi connectivity index (χ4n) is 9.49. The van der Waals surface area contributed by atoms with Crippen LogP contribution in [-0.4, -0.2) is 134 Å². The van der Waals surface area contributed by atoms with E-state index in [4.69, 9.17) is 23.7 Å². The molecular weight excluding hydrogens is 678 g/mol. The van der Waals surface area contributed by atoms with Crippen LogP contribution < -0.4 is 5.32 Å². The highest BCUT2D eigenvalue weighted by atomic mass is 16.7. The third-order valence-corrected chi connectivity index (χ3v) is 13.5. The Hall–Kier alpha value is -1.67. The molecule has 12 nitrogen and oxygen atoms in total. The zero-order valence-electron chi connectivity index (χ0n) is 34.5. The molecule has 0 aromatic rings. The number of nitrogens with one attached hydrogen (secondary N) is 1. The van der Waals surface area contributed by atoms with Crippen molar-refractivity contribution in [1.29, 1.82) is 0 Å². The third kappa shape index (κ3) is 9.66. The summed E-state index contributed by atoms with van der Waals surface area (Å²) in [5.74, 6) is -1.99. The van der Waals surface area contributed by atoms with Crippen molar-refractivity contribution in [2.24, 2.45) is 35.5 Å². The average Bonchev–Trinajstić information content (AvgIpc) is 4.06. The molecule has 2 aliphatic carbocycles. The highest BCUT2D eigenvalue weighted by molar-refractivity contribution is 6.00. The SMILES string of the molecule is CC[C@H]1OC(=O)C(C)C(=O)[C@H](C)[C@@H](O[C@@H]2O[C@H](C(C)N(CC3CC3)CC3CC3)CC(N(C)C)[C@H]2O)[C@](C)(OC)C[C@@H](C)CN[C@H](C)[C@H]2CC(=O)O[C@@]21C. The maximum absolute atomic E-state index is 14.4. The predicted molar refractivity (Wildman–Crippen MR) is 201 cm³/mol. The monoisotopic (exact) mass is 750 g/mol. The van der Waals surface area contributed by atoms with E-state index in [9.17, 15) is 19.5 Å². The standard InChI is InChI=1S/C41H71N3O9/c1-12-33-41(8)30(17-34(45)53-41)26(5)42-20-23(2)19-40(7,49-11)37(24(3)35(46)25(4)38(48)51-33)52-39-36(47)31(43(9)10)18-32(50-39)27(6)44(21-28-13-14-28)22-29-15-16-29/h23-33,36-37,39,42,47H,12-22H2,1-11H3/t23-,24+,25?,26-,27?,30-,31?,32+,33-,36-,37-,39+,40-,41+/m1/s1. The molecule has 2 N–H and O–H groups in total. The number of esters is 2. The first-order valence-electron chi connectivity index (χ1n) is 20.6. The minimum Gasteiger partial charge on any atom is -0.458 e. The quantitative estimate of drug-likeness (QED) is 0.232. The van der Waals surface area contributed by atoms with Gasteiger partial charge >= 0.3 is 11.9 Å². The van der Waals surface area contributed by atoms with E-state index in [-0.39, 0.29) is 54.2 Å². The number of nitrogens with zero attached hydrogens (tertiary/aromatic N) is 2. The van der Waals surface area contributed by atoms with Gasteiger partial charge in [-0.15, -0.1) is 0 Å². The Kier molecular flexibility index (Phi) is 13.8. The number of carbonyl (C=O) groups is 3. The maximum Gasteiger partial charge on any atom is 0.316 e. The van der Waals surface area contributed by atoms with Gasteiger partial charge in [0, 0.05) is 50.2 Å². The summed E-state index contributed by atoms with van der Waals surface area (Å²) in [5.41, 5.74) is -2.05. The lowest BCUT2D eigenvalue weighted by Gasteiger charge is -2.49. The van der Waals surface area contributed by atoms with Crippen LogP contribution in [0, 0.1) is 35.5 Å². The molecule has 53 heavy (non-hydrogen) atoms. The minimum atomic E-state index is -1.12. The highest BCUT2D eigenvalue weighted by Crippen LogP contribution is 2.42. The number of hydrogen-bond donors (Lipinski definition) is 2. The molecule has 0 amide bonds. The van der Waals surface area contributed by atoms with Crippen LogP contribution in [0.2, 0.25) is 0 Å². The van der Waals surface area contributed by atoms with Crippen molar-refractivity contribution in [2.45, 2.75) is 167 Å². The predicted octanol–water partition coefficient (Wildman–Crippen LogP) is 4.20. The lowest BCUT2D eigenvalue weighted by atomic mass is 9.78. The van der Waals surface area contributed by atoms with Gasteiger partial charge in [-0.1, -0.05) is 20.8 Å². The molecule has 2 saturated carbocycles. The molecular formula is C41H71N3O9. The third-order valence-electron chi connectivity index (χ3n) is 13.5. The van der Waals surface area contributed by atoms with Gasteiger partial charge in [0.25, 0.3) is 0 Å². The zero-order valence-corrected chi connectivity index (χ0v) is 34.5. The molecule has 0 bridgehead atoms. The van der Waals surface area contributed by atoms with Crippen LogP contribution in [0.4, 0.5) is 0 Å². The average molecular weight is 750 g/mol. The number of ketones is 1. The summed E-state index contributed by atoms with van der Waals surface area (Å²) in [4.78, 5) is 45.6. The van der Waals surface area contributed by atoms with Crippen LogP contribution in [0.5, 0.6) is 0 Å². The number of fused-ring (bicyclic) bond motifs is 1. The van der Waals surface area contributed by atoms with Crippen LogP contribution in [0.15, 0.2) is 0 Å². The molecule has 3 heterocycles. The molecule has 3 unspecified atom stereocenters. The molecule has 0 aromatic heterocycles. The van der Waals surface area contributed by atoms with Gasteiger partial charge < -0.3 is 39.0 Å². The second-order valence-electron chi connectivity index (χ2n) is 18.2. The van der Waals surface area contributed by atoms with E-state index in [0.29, 0.717) is 25.8 Å². The van der Waals surface area contributed by atoms with Gasteiger partial charge in [0.2, 0.25) is 0 Å². The molecule has 3 saturated heterocycles. The number of aliphatic hydroxyl groups is 1. The number of aliphatic hydroxyl groups excluding tert-OH is 1. The van der Waals surface area contributed by atoms with Gasteiger partial charge in [-0.3, -0.25) is 19.3 Å². The second kappa shape index (κ2) is 17.2. The van der Waals surface area contributed by atoms with Crippen LogP contribution in [0.25, 0.3) is 0 Å². The Morgan fingerprint density at radius 2 is 1.64 bits per heavy atom. The van der Waals surface area contributed by atoms with Gasteiger partial charge in [-0.05, 0) is 118 Å². The van der Waals surface area contributed by atoms with E-state index in [2.05, 4.69) is 24.1 Å². The highest BCUT2D eigenvalue weighted by Gasteiger charge is 2.55. The Balaban J connectivity index is 1.45. The normalized spacial score (nSPS) is 42.8. The van der Waals surface area contributed by atoms with Gasteiger partial charge in [-0.2, -0.15) is 0 Å². The van der Waals surface area contributed by atoms with Gasteiger partial charge in [-0.25, -0.2) is 0 Å². The van der Waals surface area contributed by atoms with Crippen LogP contribution in [-0.2, 0) is 38.1 Å². The van der Waals surface area contributed by atoms with E-state index < -0.39 is 53.6 Å². The second-order valence-corrected chi connectivity index (χ2v) is 18.2. The summed E-state index contributed by atoms with van der Waals surface area (Å²) < 4.78 is 32.0. The molecule has 5 rings (SSSR count). The molecule has 5 aliphatic rings. The smallest absolute Gasteiger partial charge is 0.316 e. The van der Waals surface area contributed by atoms with Crippen molar-refractivity contribution in [3.8, 4) is 0 Å². The summed E-state index contributed by atoms with van der Waals surface area (Å²) in [6, 6.07) is -0.239. The van der Waals surface area contributed by atoms with Crippen LogP contribution in [0.3, 0.4) is 0 Å². The van der Waals surface area contributed by atoms with Crippen LogP contribution >= 0.6 is 0 Å². The molecule has 12 heteroatoms. The van der Waals surface area contributed by atoms with Crippen molar-refractivity contribution in [2.75, 3.05) is 40.8 Å². The Bertz CT molecular complexity index is 1260. The number of Topliss-reactive ketones (excluding diaryl/α,β-unsaturated/α-hetero) is 1. The van der Waals surface area contributed by atoms with Gasteiger partial charge in [0.15, 0.2) is 17.7 Å². The van der Waals surface area contributed by atoms with E-state index >= 15 is 0 Å². The first-order chi connectivity index (χ1) is 24.9. The number of methoxy groups -OCH3 is 1. The van der Waals surface area contributed by atoms with E-state index in [0.717, 1.165) is 24.9 Å². The first-order valence-corrected chi connectivity index (χ1v) is 20.6. The van der Waals surface area contributed by atoms with Crippen molar-refractivity contribution in [1.82, 2.24) is 15.1 Å². The number of hydrogen-bond acceptors (Lipinski definition) is 12. The lowest BCUT2D eigenvalue weighted by molar-refractivity contribution is -0.303. The summed E-state index contributed by atoms with van der Waals surface area (Å²) in [5, 5.41) is 15.5. The van der Waals surface area contributed by atoms with Gasteiger partial charge in [0.1, 0.15) is 18.1 Å². The molecule has 14 atom stereocenters. The molecule has 304 valence electrons. The van der Waals surface area contributed by atoms with Crippen molar-refractivity contribution in [3.63, 3.8) is 0 Å². The molecule has 5 fully saturated rings. The zero-order chi connectivity index (χ0) is 39.0. The topological polar surface area (TPSA) is 136 Å².